The topological polar surface area (TPSA) is 57.5 Å². The molecule has 1 aromatic rings. The fourth-order valence-electron chi connectivity index (χ4n) is 2.53. The van der Waals surface area contributed by atoms with Crippen molar-refractivity contribution in [3.8, 4) is 17.6 Å². The van der Waals surface area contributed by atoms with Crippen molar-refractivity contribution in [1.82, 2.24) is 10.2 Å². The van der Waals surface area contributed by atoms with Crippen molar-refractivity contribution in [3.05, 3.63) is 23.8 Å². The zero-order chi connectivity index (χ0) is 14.4. The van der Waals surface area contributed by atoms with Crippen LogP contribution >= 0.6 is 0 Å². The molecule has 1 atom stereocenters. The average molecular weight is 275 g/mol. The summed E-state index contributed by atoms with van der Waals surface area (Å²) in [4.78, 5) is 2.19. The molecule has 1 heterocycles. The van der Waals surface area contributed by atoms with Gasteiger partial charge in [-0.25, -0.2) is 0 Å². The Labute approximate surface area is 120 Å². The minimum Gasteiger partial charge on any atom is -0.497 e. The summed E-state index contributed by atoms with van der Waals surface area (Å²) >= 11 is 0. The van der Waals surface area contributed by atoms with Crippen LogP contribution in [0.3, 0.4) is 0 Å². The van der Waals surface area contributed by atoms with E-state index in [0.29, 0.717) is 0 Å². The molecule has 1 aromatic carbocycles. The van der Waals surface area contributed by atoms with Crippen LogP contribution < -0.4 is 14.8 Å². The van der Waals surface area contributed by atoms with Crippen LogP contribution in [-0.2, 0) is 0 Å². The van der Waals surface area contributed by atoms with Crippen LogP contribution in [0.2, 0.25) is 0 Å². The highest BCUT2D eigenvalue weighted by atomic mass is 16.5. The van der Waals surface area contributed by atoms with Crippen molar-refractivity contribution in [1.29, 1.82) is 5.26 Å². The number of methoxy groups -OCH3 is 2. The van der Waals surface area contributed by atoms with Gasteiger partial charge in [0, 0.05) is 25.2 Å². The Hall–Kier alpha value is -1.77. The van der Waals surface area contributed by atoms with Gasteiger partial charge in [-0.2, -0.15) is 5.26 Å². The van der Waals surface area contributed by atoms with E-state index in [9.17, 15) is 5.26 Å². The quantitative estimate of drug-likeness (QED) is 0.904. The minimum atomic E-state index is -0.306. The molecule has 108 valence electrons. The maximum absolute atomic E-state index is 9.60. The standard InChI is InChI=1S/C15H21N3O2/c1-19-12-4-5-15(20-2)13(10-12)14(11-16)18-8-3-6-17-7-9-18/h4-5,10,14,17H,3,6-9H2,1-2H3. The number of nitriles is 1. The smallest absolute Gasteiger partial charge is 0.127 e. The van der Waals surface area contributed by atoms with Crippen molar-refractivity contribution in [3.63, 3.8) is 0 Å². The third-order valence-corrected chi connectivity index (χ3v) is 3.59. The van der Waals surface area contributed by atoms with Gasteiger partial charge < -0.3 is 14.8 Å². The molecule has 20 heavy (non-hydrogen) atoms. The first-order valence-corrected chi connectivity index (χ1v) is 6.86. The predicted octanol–water partition coefficient (Wildman–Crippen LogP) is 1.56. The summed E-state index contributed by atoms with van der Waals surface area (Å²) in [5, 5.41) is 13.0. The van der Waals surface area contributed by atoms with E-state index >= 15 is 0 Å². The Balaban J connectivity index is 2.32. The predicted molar refractivity (Wildman–Crippen MR) is 77.0 cm³/mol. The number of nitrogens with one attached hydrogen (secondary N) is 1. The summed E-state index contributed by atoms with van der Waals surface area (Å²) in [7, 11) is 3.26. The molecule has 0 spiro atoms. The monoisotopic (exact) mass is 275 g/mol. The number of nitrogens with zero attached hydrogens (tertiary/aromatic N) is 2. The zero-order valence-corrected chi connectivity index (χ0v) is 12.1. The molecule has 1 N–H and O–H groups in total. The highest BCUT2D eigenvalue weighted by Gasteiger charge is 2.24. The Morgan fingerprint density at radius 1 is 1.25 bits per heavy atom. The second-order valence-electron chi connectivity index (χ2n) is 4.78. The molecule has 1 unspecified atom stereocenters. The molecule has 2 rings (SSSR count). The highest BCUT2D eigenvalue weighted by molar-refractivity contribution is 5.44. The Morgan fingerprint density at radius 3 is 2.80 bits per heavy atom. The van der Waals surface area contributed by atoms with Crippen molar-refractivity contribution >= 4 is 0 Å². The molecular weight excluding hydrogens is 254 g/mol. The van der Waals surface area contributed by atoms with Gasteiger partial charge in [0.15, 0.2) is 0 Å². The molecule has 0 bridgehead atoms. The molecule has 0 aromatic heterocycles. The van der Waals surface area contributed by atoms with Crippen LogP contribution in [0.1, 0.15) is 18.0 Å². The summed E-state index contributed by atoms with van der Waals surface area (Å²) in [6, 6.07) is 7.70. The number of benzene rings is 1. The molecule has 5 nitrogen and oxygen atoms in total. The van der Waals surface area contributed by atoms with Crippen LogP contribution in [-0.4, -0.2) is 45.3 Å². The Bertz CT molecular complexity index is 476. The van der Waals surface area contributed by atoms with E-state index < -0.39 is 0 Å². The van der Waals surface area contributed by atoms with Crippen molar-refractivity contribution in [2.24, 2.45) is 0 Å². The van der Waals surface area contributed by atoms with Gasteiger partial charge in [0.2, 0.25) is 0 Å². The lowest BCUT2D eigenvalue weighted by atomic mass is 10.0. The highest BCUT2D eigenvalue weighted by Crippen LogP contribution is 2.32. The van der Waals surface area contributed by atoms with Crippen LogP contribution in [0.15, 0.2) is 18.2 Å². The van der Waals surface area contributed by atoms with E-state index in [-0.39, 0.29) is 6.04 Å². The normalized spacial score (nSPS) is 17.9. The summed E-state index contributed by atoms with van der Waals surface area (Å²) in [5.74, 6) is 1.48. The second-order valence-corrected chi connectivity index (χ2v) is 4.78. The molecule has 1 fully saturated rings. The van der Waals surface area contributed by atoms with E-state index in [1.807, 2.05) is 18.2 Å². The van der Waals surface area contributed by atoms with Gasteiger partial charge >= 0.3 is 0 Å². The van der Waals surface area contributed by atoms with Gasteiger partial charge in [0.1, 0.15) is 17.5 Å². The molecule has 1 aliphatic heterocycles. The second kappa shape index (κ2) is 7.13. The molecular formula is C15H21N3O2. The summed E-state index contributed by atoms with van der Waals surface area (Å²) < 4.78 is 10.7. The van der Waals surface area contributed by atoms with Gasteiger partial charge in [-0.3, -0.25) is 4.90 Å². The molecule has 0 aliphatic carbocycles. The maximum atomic E-state index is 9.60. The van der Waals surface area contributed by atoms with Gasteiger partial charge in [-0.1, -0.05) is 0 Å². The van der Waals surface area contributed by atoms with Crippen molar-refractivity contribution in [2.75, 3.05) is 40.4 Å². The maximum Gasteiger partial charge on any atom is 0.127 e. The summed E-state index contributed by atoms with van der Waals surface area (Å²) in [6.07, 6.45) is 1.05. The van der Waals surface area contributed by atoms with Crippen molar-refractivity contribution < 1.29 is 9.47 Å². The zero-order valence-electron chi connectivity index (χ0n) is 12.1. The average Bonchev–Trinajstić information content (AvgIpc) is 2.77. The van der Waals surface area contributed by atoms with Gasteiger partial charge in [0.05, 0.1) is 20.3 Å². The summed E-state index contributed by atoms with van der Waals surface area (Å²) in [6.45, 7) is 3.68. The van der Waals surface area contributed by atoms with Gasteiger partial charge in [-0.15, -0.1) is 0 Å². The SMILES string of the molecule is COc1ccc(OC)c(C(C#N)N2CCCNCC2)c1. The first kappa shape index (κ1) is 14.6. The number of rotatable bonds is 4. The van der Waals surface area contributed by atoms with E-state index in [1.54, 1.807) is 14.2 Å². The lowest BCUT2D eigenvalue weighted by molar-refractivity contribution is 0.247. The first-order valence-electron chi connectivity index (χ1n) is 6.86. The molecule has 5 heteroatoms. The molecule has 0 radical (unpaired) electrons. The van der Waals surface area contributed by atoms with Crippen LogP contribution in [0.25, 0.3) is 0 Å². The fraction of sp³-hybridized carbons (Fsp3) is 0.533. The third kappa shape index (κ3) is 3.21. The van der Waals surface area contributed by atoms with E-state index in [1.165, 1.54) is 0 Å². The summed E-state index contributed by atoms with van der Waals surface area (Å²) in [5.41, 5.74) is 0.872. The fourth-order valence-corrected chi connectivity index (χ4v) is 2.53. The van der Waals surface area contributed by atoms with E-state index in [0.717, 1.165) is 49.7 Å². The van der Waals surface area contributed by atoms with Crippen LogP contribution in [0.5, 0.6) is 11.5 Å². The van der Waals surface area contributed by atoms with Gasteiger partial charge in [0.25, 0.3) is 0 Å². The molecule has 1 saturated heterocycles. The van der Waals surface area contributed by atoms with E-state index in [2.05, 4.69) is 16.3 Å². The first-order chi connectivity index (χ1) is 9.80. The Kier molecular flexibility index (Phi) is 5.22. The van der Waals surface area contributed by atoms with E-state index in [4.69, 9.17) is 9.47 Å². The number of ether oxygens (including phenoxy) is 2. The lowest BCUT2D eigenvalue weighted by Gasteiger charge is -2.26. The Morgan fingerprint density at radius 2 is 2.10 bits per heavy atom. The largest absolute Gasteiger partial charge is 0.497 e. The molecule has 1 aliphatic rings. The van der Waals surface area contributed by atoms with Crippen LogP contribution in [0.4, 0.5) is 0 Å². The molecule has 0 amide bonds. The third-order valence-electron chi connectivity index (χ3n) is 3.59. The van der Waals surface area contributed by atoms with Crippen LogP contribution in [0, 0.1) is 11.3 Å². The number of hydrogen-bond acceptors (Lipinski definition) is 5. The molecule has 0 saturated carbocycles. The van der Waals surface area contributed by atoms with Crippen molar-refractivity contribution in [2.45, 2.75) is 12.5 Å². The minimum absolute atomic E-state index is 0.306. The van der Waals surface area contributed by atoms with Gasteiger partial charge in [-0.05, 0) is 31.2 Å². The lowest BCUT2D eigenvalue weighted by Crippen LogP contribution is -2.31. The number of hydrogen-bond donors (Lipinski definition) is 1.